The summed E-state index contributed by atoms with van der Waals surface area (Å²) in [6.45, 7) is 0. The summed E-state index contributed by atoms with van der Waals surface area (Å²) in [6, 6.07) is 1.69. The van der Waals surface area contributed by atoms with Crippen molar-refractivity contribution in [2.75, 3.05) is 5.43 Å². The summed E-state index contributed by atoms with van der Waals surface area (Å²) in [4.78, 5) is 12.4. The van der Waals surface area contributed by atoms with Crippen LogP contribution in [-0.2, 0) is 7.05 Å². The molecule has 0 saturated heterocycles. The first-order valence-electron chi connectivity index (χ1n) is 4.07. The minimum Gasteiger partial charge on any atom is -0.340 e. The van der Waals surface area contributed by atoms with Crippen LogP contribution in [-0.4, -0.2) is 19.5 Å². The molecule has 0 unspecified atom stereocenters. The molecule has 0 aliphatic carbocycles. The first kappa shape index (κ1) is 8.64. The van der Waals surface area contributed by atoms with Gasteiger partial charge in [-0.1, -0.05) is 0 Å². The zero-order valence-electron chi connectivity index (χ0n) is 7.68. The Bertz CT molecular complexity index is 435. The van der Waals surface area contributed by atoms with E-state index in [1.807, 2.05) is 17.8 Å². The smallest absolute Gasteiger partial charge is 0.181 e. The fourth-order valence-electron chi connectivity index (χ4n) is 1.09. The zero-order chi connectivity index (χ0) is 9.97. The van der Waals surface area contributed by atoms with Crippen LogP contribution in [0.2, 0.25) is 0 Å². The average molecular weight is 190 g/mol. The third-order valence-electron chi connectivity index (χ3n) is 1.74. The SMILES string of the molecule is Cn1cnc(-c2nccc(NN)n2)c1. The highest BCUT2D eigenvalue weighted by Crippen LogP contribution is 2.12. The molecule has 0 fully saturated rings. The number of rotatable bonds is 2. The number of hydrazine groups is 1. The van der Waals surface area contributed by atoms with E-state index in [9.17, 15) is 0 Å². The van der Waals surface area contributed by atoms with Gasteiger partial charge in [0.15, 0.2) is 5.82 Å². The highest BCUT2D eigenvalue weighted by Gasteiger charge is 2.04. The van der Waals surface area contributed by atoms with Gasteiger partial charge < -0.3 is 9.99 Å². The van der Waals surface area contributed by atoms with E-state index in [2.05, 4.69) is 20.4 Å². The van der Waals surface area contributed by atoms with Gasteiger partial charge in [0.25, 0.3) is 0 Å². The Labute approximate surface area is 80.8 Å². The lowest BCUT2D eigenvalue weighted by Crippen LogP contribution is -2.09. The van der Waals surface area contributed by atoms with Gasteiger partial charge in [-0.05, 0) is 0 Å². The second-order valence-corrected chi connectivity index (χ2v) is 2.83. The van der Waals surface area contributed by atoms with Crippen molar-refractivity contribution >= 4 is 5.82 Å². The van der Waals surface area contributed by atoms with Gasteiger partial charge in [-0.3, -0.25) is 0 Å². The van der Waals surface area contributed by atoms with Crippen molar-refractivity contribution in [3.05, 3.63) is 24.8 Å². The Morgan fingerprint density at radius 1 is 1.43 bits per heavy atom. The van der Waals surface area contributed by atoms with Crippen molar-refractivity contribution in [1.82, 2.24) is 19.5 Å². The molecule has 2 heterocycles. The number of nitrogens with zero attached hydrogens (tertiary/aromatic N) is 4. The second-order valence-electron chi connectivity index (χ2n) is 2.83. The van der Waals surface area contributed by atoms with Gasteiger partial charge in [-0.2, -0.15) is 0 Å². The Kier molecular flexibility index (Phi) is 2.11. The maximum Gasteiger partial charge on any atom is 0.181 e. The van der Waals surface area contributed by atoms with Crippen LogP contribution in [0.25, 0.3) is 11.5 Å². The normalized spacial score (nSPS) is 10.1. The van der Waals surface area contributed by atoms with Gasteiger partial charge in [0.2, 0.25) is 0 Å². The number of hydrogen-bond acceptors (Lipinski definition) is 5. The number of nitrogens with two attached hydrogens (primary N) is 1. The molecule has 2 aromatic heterocycles. The van der Waals surface area contributed by atoms with E-state index in [4.69, 9.17) is 5.84 Å². The van der Waals surface area contributed by atoms with E-state index < -0.39 is 0 Å². The molecule has 0 bridgehead atoms. The summed E-state index contributed by atoms with van der Waals surface area (Å²) < 4.78 is 1.83. The standard InChI is InChI=1S/C8H10N6/c1-14-4-6(11-5-14)8-10-3-2-7(12-8)13-9/h2-5H,9H2,1H3,(H,10,12,13). The maximum atomic E-state index is 5.24. The maximum absolute atomic E-state index is 5.24. The van der Waals surface area contributed by atoms with Crippen LogP contribution < -0.4 is 11.3 Å². The summed E-state index contributed by atoms with van der Waals surface area (Å²) in [5.41, 5.74) is 3.18. The molecule has 3 N–H and O–H groups in total. The molecule has 0 atom stereocenters. The van der Waals surface area contributed by atoms with Crippen LogP contribution in [0.5, 0.6) is 0 Å². The molecule has 0 saturated carbocycles. The molecule has 14 heavy (non-hydrogen) atoms. The molecule has 0 aliphatic rings. The van der Waals surface area contributed by atoms with Crippen molar-refractivity contribution in [2.45, 2.75) is 0 Å². The average Bonchev–Trinajstić information content (AvgIpc) is 2.65. The summed E-state index contributed by atoms with van der Waals surface area (Å²) in [5, 5.41) is 0. The van der Waals surface area contributed by atoms with Crippen LogP contribution in [0.1, 0.15) is 0 Å². The summed E-state index contributed by atoms with van der Waals surface area (Å²) >= 11 is 0. The number of aryl methyl sites for hydroxylation is 1. The van der Waals surface area contributed by atoms with Crippen LogP contribution >= 0.6 is 0 Å². The molecule has 72 valence electrons. The van der Waals surface area contributed by atoms with Gasteiger partial charge in [-0.15, -0.1) is 0 Å². The Balaban J connectivity index is 2.41. The largest absolute Gasteiger partial charge is 0.340 e. The van der Waals surface area contributed by atoms with Crippen molar-refractivity contribution in [1.29, 1.82) is 0 Å². The lowest BCUT2D eigenvalue weighted by atomic mass is 10.4. The van der Waals surface area contributed by atoms with E-state index in [0.29, 0.717) is 11.6 Å². The highest BCUT2D eigenvalue weighted by atomic mass is 15.3. The third kappa shape index (κ3) is 1.55. The Hall–Kier alpha value is -1.95. The van der Waals surface area contributed by atoms with E-state index in [0.717, 1.165) is 5.69 Å². The molecule has 6 nitrogen and oxygen atoms in total. The molecule has 0 amide bonds. The van der Waals surface area contributed by atoms with Gasteiger partial charge in [0.1, 0.15) is 11.5 Å². The van der Waals surface area contributed by atoms with Gasteiger partial charge >= 0.3 is 0 Å². The van der Waals surface area contributed by atoms with E-state index >= 15 is 0 Å². The fraction of sp³-hybridized carbons (Fsp3) is 0.125. The molecule has 0 aromatic carbocycles. The van der Waals surface area contributed by atoms with E-state index in [1.54, 1.807) is 18.6 Å². The molecule has 2 rings (SSSR count). The van der Waals surface area contributed by atoms with Gasteiger partial charge in [0.05, 0.1) is 6.33 Å². The van der Waals surface area contributed by atoms with Crippen molar-refractivity contribution in [2.24, 2.45) is 12.9 Å². The van der Waals surface area contributed by atoms with Gasteiger partial charge in [-0.25, -0.2) is 20.8 Å². The monoisotopic (exact) mass is 190 g/mol. The number of nitrogen functional groups attached to an aromatic ring is 1. The first-order valence-corrected chi connectivity index (χ1v) is 4.07. The van der Waals surface area contributed by atoms with Crippen LogP contribution in [0, 0.1) is 0 Å². The number of imidazole rings is 1. The predicted molar refractivity (Wildman–Crippen MR) is 52.0 cm³/mol. The van der Waals surface area contributed by atoms with Crippen molar-refractivity contribution in [3.8, 4) is 11.5 Å². The number of anilines is 1. The molecular formula is C8H10N6. The van der Waals surface area contributed by atoms with Crippen molar-refractivity contribution in [3.63, 3.8) is 0 Å². The van der Waals surface area contributed by atoms with E-state index in [-0.39, 0.29) is 0 Å². The summed E-state index contributed by atoms with van der Waals surface area (Å²) in [6.07, 6.45) is 5.17. The molecule has 0 spiro atoms. The van der Waals surface area contributed by atoms with Crippen molar-refractivity contribution < 1.29 is 0 Å². The number of nitrogens with one attached hydrogen (secondary N) is 1. The zero-order valence-corrected chi connectivity index (χ0v) is 7.68. The summed E-state index contributed by atoms with van der Waals surface area (Å²) in [5.74, 6) is 6.36. The highest BCUT2D eigenvalue weighted by molar-refractivity contribution is 5.50. The molecule has 0 aliphatic heterocycles. The lowest BCUT2D eigenvalue weighted by Gasteiger charge is -1.99. The minimum atomic E-state index is 0.557. The lowest BCUT2D eigenvalue weighted by molar-refractivity contribution is 0.913. The molecule has 6 heteroatoms. The molecular weight excluding hydrogens is 180 g/mol. The predicted octanol–water partition coefficient (Wildman–Crippen LogP) is 0.163. The third-order valence-corrected chi connectivity index (χ3v) is 1.74. The Morgan fingerprint density at radius 3 is 2.93 bits per heavy atom. The quantitative estimate of drug-likeness (QED) is 0.521. The molecule has 2 aromatic rings. The second kappa shape index (κ2) is 3.43. The Morgan fingerprint density at radius 2 is 2.29 bits per heavy atom. The van der Waals surface area contributed by atoms with E-state index in [1.165, 1.54) is 0 Å². The topological polar surface area (TPSA) is 81.7 Å². The summed E-state index contributed by atoms with van der Waals surface area (Å²) in [7, 11) is 1.89. The number of aromatic nitrogens is 4. The fourth-order valence-corrected chi connectivity index (χ4v) is 1.09. The number of hydrogen-bond donors (Lipinski definition) is 2. The minimum absolute atomic E-state index is 0.557. The van der Waals surface area contributed by atoms with Crippen LogP contribution in [0.4, 0.5) is 5.82 Å². The molecule has 0 radical (unpaired) electrons. The van der Waals surface area contributed by atoms with Crippen LogP contribution in [0.3, 0.4) is 0 Å². The first-order chi connectivity index (χ1) is 6.79. The van der Waals surface area contributed by atoms with Crippen LogP contribution in [0.15, 0.2) is 24.8 Å². The van der Waals surface area contributed by atoms with Gasteiger partial charge in [0, 0.05) is 25.5 Å².